The molecular weight excluding hydrogens is 266 g/mol. The minimum atomic E-state index is -0.599. The number of nitrogens with two attached hydrogens (primary N) is 1. The van der Waals surface area contributed by atoms with Crippen molar-refractivity contribution in [2.24, 2.45) is 10.9 Å². The van der Waals surface area contributed by atoms with E-state index in [0.717, 1.165) is 19.0 Å². The van der Waals surface area contributed by atoms with E-state index < -0.39 is 4.92 Å². The second-order valence-corrected chi connectivity index (χ2v) is 4.46. The number of aliphatic hydroxyl groups is 1. The molecule has 1 aromatic rings. The zero-order valence-corrected chi connectivity index (χ0v) is 10.6. The summed E-state index contributed by atoms with van der Waals surface area (Å²) in [4.78, 5) is 16.1. The number of aliphatic hydroxyl groups excluding tert-OH is 1. The first kappa shape index (κ1) is 14.0. The molecule has 4 N–H and O–H groups in total. The molecule has 1 aliphatic carbocycles. The van der Waals surface area contributed by atoms with Crippen LogP contribution in [-0.4, -0.2) is 45.3 Å². The maximum Gasteiger partial charge on any atom is 0.288 e. The van der Waals surface area contributed by atoms with Crippen molar-refractivity contribution in [2.75, 3.05) is 18.1 Å². The number of hydrogen-bond donors (Lipinski definition) is 3. The predicted octanol–water partition coefficient (Wildman–Crippen LogP) is 0.0454. The van der Waals surface area contributed by atoms with E-state index in [1.807, 2.05) is 4.90 Å². The molecule has 9 heteroatoms. The number of anilines is 1. The lowest BCUT2D eigenvalue weighted by molar-refractivity contribution is -0.385. The number of hydrogen-bond acceptors (Lipinski definition) is 7. The minimum Gasteiger partial charge on any atom is -0.409 e. The predicted molar refractivity (Wildman–Crippen MR) is 70.9 cm³/mol. The van der Waals surface area contributed by atoms with Crippen LogP contribution in [-0.2, 0) is 0 Å². The third kappa shape index (κ3) is 2.77. The van der Waals surface area contributed by atoms with Crippen molar-refractivity contribution in [3.05, 3.63) is 27.9 Å². The second-order valence-electron chi connectivity index (χ2n) is 4.46. The van der Waals surface area contributed by atoms with Gasteiger partial charge in [-0.3, -0.25) is 10.1 Å². The number of oxime groups is 1. The van der Waals surface area contributed by atoms with Crippen molar-refractivity contribution in [1.82, 2.24) is 4.98 Å². The van der Waals surface area contributed by atoms with E-state index in [0.29, 0.717) is 12.4 Å². The quantitative estimate of drug-likeness (QED) is 0.220. The molecule has 0 aromatic carbocycles. The van der Waals surface area contributed by atoms with Crippen LogP contribution in [0.1, 0.15) is 18.4 Å². The van der Waals surface area contributed by atoms with Gasteiger partial charge in [-0.05, 0) is 12.8 Å². The maximum atomic E-state index is 10.8. The van der Waals surface area contributed by atoms with E-state index in [1.54, 1.807) is 0 Å². The number of amidine groups is 1. The van der Waals surface area contributed by atoms with Gasteiger partial charge in [0.2, 0.25) is 0 Å². The highest BCUT2D eigenvalue weighted by atomic mass is 16.6. The molecule has 0 bridgehead atoms. The fraction of sp³-hybridized carbons (Fsp3) is 0.455. The highest BCUT2D eigenvalue weighted by Crippen LogP contribution is 2.33. The molecule has 1 aliphatic rings. The molecular formula is C11H15N5O4. The standard InChI is InChI=1S/C11H15N5O4/c12-10(14-18)9-5-8(16(19)20)6-13-11(9)15(3-4-17)7-1-2-7/h5-7,17-18H,1-4H2,(H2,12,14). The average Bonchev–Trinajstić information content (AvgIpc) is 3.27. The van der Waals surface area contributed by atoms with Crippen molar-refractivity contribution in [3.8, 4) is 0 Å². The highest BCUT2D eigenvalue weighted by Gasteiger charge is 2.32. The number of pyridine rings is 1. The fourth-order valence-corrected chi connectivity index (χ4v) is 1.97. The van der Waals surface area contributed by atoms with Gasteiger partial charge in [-0.2, -0.15) is 0 Å². The molecule has 1 saturated carbocycles. The zero-order chi connectivity index (χ0) is 14.7. The van der Waals surface area contributed by atoms with Crippen molar-refractivity contribution in [2.45, 2.75) is 18.9 Å². The first-order valence-corrected chi connectivity index (χ1v) is 6.08. The Bertz CT molecular complexity index is 544. The molecule has 2 rings (SSSR count). The van der Waals surface area contributed by atoms with Crippen LogP contribution in [0, 0.1) is 10.1 Å². The van der Waals surface area contributed by atoms with Crippen molar-refractivity contribution >= 4 is 17.3 Å². The van der Waals surface area contributed by atoms with Crippen LogP contribution in [0.2, 0.25) is 0 Å². The Labute approximate surface area is 114 Å². The van der Waals surface area contributed by atoms with Crippen molar-refractivity contribution in [3.63, 3.8) is 0 Å². The Morgan fingerprint density at radius 2 is 2.35 bits per heavy atom. The molecule has 20 heavy (non-hydrogen) atoms. The van der Waals surface area contributed by atoms with Gasteiger partial charge in [-0.15, -0.1) is 0 Å². The molecule has 9 nitrogen and oxygen atoms in total. The van der Waals surface area contributed by atoms with Gasteiger partial charge >= 0.3 is 0 Å². The first-order chi connectivity index (χ1) is 9.58. The summed E-state index contributed by atoms with van der Waals surface area (Å²) < 4.78 is 0. The van der Waals surface area contributed by atoms with Crippen LogP contribution in [0.3, 0.4) is 0 Å². The lowest BCUT2D eigenvalue weighted by atomic mass is 10.2. The molecule has 0 unspecified atom stereocenters. The summed E-state index contributed by atoms with van der Waals surface area (Å²) in [6.45, 7) is 0.256. The molecule has 0 atom stereocenters. The van der Waals surface area contributed by atoms with Gasteiger partial charge in [-0.25, -0.2) is 4.98 Å². The fourth-order valence-electron chi connectivity index (χ4n) is 1.97. The molecule has 0 amide bonds. The van der Waals surface area contributed by atoms with E-state index in [-0.39, 0.29) is 29.7 Å². The van der Waals surface area contributed by atoms with Gasteiger partial charge in [0.15, 0.2) is 5.84 Å². The van der Waals surface area contributed by atoms with Gasteiger partial charge in [0.05, 0.1) is 17.1 Å². The van der Waals surface area contributed by atoms with E-state index in [4.69, 9.17) is 16.0 Å². The summed E-state index contributed by atoms with van der Waals surface area (Å²) in [7, 11) is 0. The Morgan fingerprint density at radius 1 is 1.65 bits per heavy atom. The van der Waals surface area contributed by atoms with Gasteiger partial charge < -0.3 is 20.9 Å². The van der Waals surface area contributed by atoms with Crippen LogP contribution in [0.4, 0.5) is 11.5 Å². The lowest BCUT2D eigenvalue weighted by Gasteiger charge is -2.24. The Hall–Kier alpha value is -2.42. The Balaban J connectivity index is 2.47. The largest absolute Gasteiger partial charge is 0.409 e. The molecule has 0 aliphatic heterocycles. The number of nitrogens with zero attached hydrogens (tertiary/aromatic N) is 4. The SMILES string of the molecule is NC(=NO)c1cc([N+](=O)[O-])cnc1N(CCO)C1CC1. The molecule has 1 heterocycles. The van der Waals surface area contributed by atoms with Crippen molar-refractivity contribution in [1.29, 1.82) is 0 Å². The Morgan fingerprint density at radius 3 is 2.85 bits per heavy atom. The molecule has 1 fully saturated rings. The molecule has 0 radical (unpaired) electrons. The lowest BCUT2D eigenvalue weighted by Crippen LogP contribution is -2.32. The van der Waals surface area contributed by atoms with E-state index in [1.165, 1.54) is 6.07 Å². The molecule has 1 aromatic heterocycles. The van der Waals surface area contributed by atoms with Crippen LogP contribution in [0.15, 0.2) is 17.4 Å². The summed E-state index contributed by atoms with van der Waals surface area (Å²) in [5.74, 6) is 0.127. The summed E-state index contributed by atoms with van der Waals surface area (Å²) >= 11 is 0. The highest BCUT2D eigenvalue weighted by molar-refractivity contribution is 6.02. The normalized spacial score (nSPS) is 15.2. The monoisotopic (exact) mass is 281 g/mol. The maximum absolute atomic E-state index is 10.8. The van der Waals surface area contributed by atoms with Crippen LogP contribution in [0.25, 0.3) is 0 Å². The summed E-state index contributed by atoms with van der Waals surface area (Å²) in [6, 6.07) is 1.44. The third-order valence-electron chi connectivity index (χ3n) is 3.05. The third-order valence-corrected chi connectivity index (χ3v) is 3.05. The number of aromatic nitrogens is 1. The van der Waals surface area contributed by atoms with Gasteiger partial charge in [0, 0.05) is 18.7 Å². The number of nitro groups is 1. The second kappa shape index (κ2) is 5.70. The molecule has 0 spiro atoms. The zero-order valence-electron chi connectivity index (χ0n) is 10.6. The summed E-state index contributed by atoms with van der Waals surface area (Å²) in [6.07, 6.45) is 3.03. The van der Waals surface area contributed by atoms with Gasteiger partial charge in [0.25, 0.3) is 5.69 Å². The van der Waals surface area contributed by atoms with Crippen LogP contribution >= 0.6 is 0 Å². The van der Waals surface area contributed by atoms with Crippen LogP contribution in [0.5, 0.6) is 0 Å². The number of rotatable bonds is 6. The first-order valence-electron chi connectivity index (χ1n) is 6.08. The minimum absolute atomic E-state index is 0.0786. The van der Waals surface area contributed by atoms with E-state index in [9.17, 15) is 10.1 Å². The average molecular weight is 281 g/mol. The van der Waals surface area contributed by atoms with Gasteiger partial charge in [0.1, 0.15) is 12.0 Å². The van der Waals surface area contributed by atoms with Crippen LogP contribution < -0.4 is 10.6 Å². The topological polar surface area (TPSA) is 138 Å². The summed E-state index contributed by atoms with van der Waals surface area (Å²) in [5, 5.41) is 31.6. The Kier molecular flexibility index (Phi) is 3.99. The smallest absolute Gasteiger partial charge is 0.288 e. The van der Waals surface area contributed by atoms with E-state index in [2.05, 4.69) is 10.1 Å². The van der Waals surface area contributed by atoms with Crippen molar-refractivity contribution < 1.29 is 15.2 Å². The molecule has 108 valence electrons. The summed E-state index contributed by atoms with van der Waals surface area (Å²) in [5.41, 5.74) is 5.51. The van der Waals surface area contributed by atoms with E-state index >= 15 is 0 Å². The molecule has 0 saturated heterocycles. The van der Waals surface area contributed by atoms with Gasteiger partial charge in [-0.1, -0.05) is 5.16 Å².